The van der Waals surface area contributed by atoms with E-state index in [0.717, 1.165) is 0 Å². The quantitative estimate of drug-likeness (QED) is 0.846. The lowest BCUT2D eigenvalue weighted by Crippen LogP contribution is -2.54. The van der Waals surface area contributed by atoms with Crippen LogP contribution in [0.3, 0.4) is 0 Å². The number of carbonyl (C=O) groups excluding carboxylic acids is 1. The van der Waals surface area contributed by atoms with Crippen molar-refractivity contribution in [2.24, 2.45) is 0 Å². The van der Waals surface area contributed by atoms with Crippen molar-refractivity contribution in [1.29, 1.82) is 0 Å². The standard InChI is InChI=1S/C12H21F3N2O2/c1-11(2,3)19-10(18)17-7-6-16-8-9(17)4-5-12(13,14)15/h9,16H,4-8H2,1-3H3. The van der Waals surface area contributed by atoms with Crippen LogP contribution >= 0.6 is 0 Å². The molecule has 0 saturated carbocycles. The van der Waals surface area contributed by atoms with Crippen molar-refractivity contribution in [3.05, 3.63) is 0 Å². The van der Waals surface area contributed by atoms with Gasteiger partial charge in [0.25, 0.3) is 0 Å². The first-order valence-electron chi connectivity index (χ1n) is 6.35. The molecule has 0 bridgehead atoms. The largest absolute Gasteiger partial charge is 0.444 e. The number of ether oxygens (including phenoxy) is 1. The zero-order valence-corrected chi connectivity index (χ0v) is 11.5. The molecule has 1 saturated heterocycles. The van der Waals surface area contributed by atoms with Gasteiger partial charge in [-0.1, -0.05) is 0 Å². The second-order valence-corrected chi connectivity index (χ2v) is 5.69. The lowest BCUT2D eigenvalue weighted by atomic mass is 10.1. The van der Waals surface area contributed by atoms with Crippen LogP contribution in [0.4, 0.5) is 18.0 Å². The van der Waals surface area contributed by atoms with Crippen molar-refractivity contribution in [2.45, 2.75) is 51.4 Å². The summed E-state index contributed by atoms with van der Waals surface area (Å²) < 4.78 is 42.0. The molecule has 1 amide bonds. The van der Waals surface area contributed by atoms with Gasteiger partial charge in [-0.05, 0) is 27.2 Å². The zero-order valence-electron chi connectivity index (χ0n) is 11.5. The minimum absolute atomic E-state index is 0.101. The lowest BCUT2D eigenvalue weighted by molar-refractivity contribution is -0.138. The van der Waals surface area contributed by atoms with Gasteiger partial charge in [0.15, 0.2) is 0 Å². The summed E-state index contributed by atoms with van der Waals surface area (Å²) in [6, 6.07) is -0.467. The molecule has 112 valence electrons. The van der Waals surface area contributed by atoms with Gasteiger partial charge < -0.3 is 15.0 Å². The molecular weight excluding hydrogens is 261 g/mol. The number of piperazine rings is 1. The Bertz CT molecular complexity index is 313. The van der Waals surface area contributed by atoms with Gasteiger partial charge in [0.2, 0.25) is 0 Å². The number of alkyl halides is 3. The maximum Gasteiger partial charge on any atom is 0.410 e. The Hall–Kier alpha value is -0.980. The Morgan fingerprint density at radius 1 is 1.37 bits per heavy atom. The van der Waals surface area contributed by atoms with E-state index >= 15 is 0 Å². The summed E-state index contributed by atoms with van der Waals surface area (Å²) in [6.45, 7) is 6.52. The van der Waals surface area contributed by atoms with E-state index in [0.29, 0.717) is 19.6 Å². The molecule has 1 atom stereocenters. The molecular formula is C12H21F3N2O2. The summed E-state index contributed by atoms with van der Waals surface area (Å²) in [6.07, 6.45) is -5.73. The Labute approximate surface area is 111 Å². The van der Waals surface area contributed by atoms with Crippen LogP contribution < -0.4 is 5.32 Å². The lowest BCUT2D eigenvalue weighted by Gasteiger charge is -2.37. The molecule has 0 spiro atoms. The average Bonchev–Trinajstić information content (AvgIpc) is 2.23. The summed E-state index contributed by atoms with van der Waals surface area (Å²) >= 11 is 0. The van der Waals surface area contributed by atoms with Gasteiger partial charge in [-0.2, -0.15) is 13.2 Å². The first-order chi connectivity index (χ1) is 8.58. The highest BCUT2D eigenvalue weighted by Crippen LogP contribution is 2.24. The second kappa shape index (κ2) is 5.98. The molecule has 1 heterocycles. The average molecular weight is 282 g/mol. The number of hydrogen-bond acceptors (Lipinski definition) is 3. The monoisotopic (exact) mass is 282 g/mol. The molecule has 1 rings (SSSR count). The van der Waals surface area contributed by atoms with Gasteiger partial charge in [0, 0.05) is 32.1 Å². The summed E-state index contributed by atoms with van der Waals surface area (Å²) in [7, 11) is 0. The van der Waals surface area contributed by atoms with Crippen molar-refractivity contribution < 1.29 is 22.7 Å². The second-order valence-electron chi connectivity index (χ2n) is 5.69. The fourth-order valence-electron chi connectivity index (χ4n) is 1.91. The molecule has 7 heteroatoms. The van der Waals surface area contributed by atoms with Gasteiger partial charge >= 0.3 is 12.3 Å². The highest BCUT2D eigenvalue weighted by atomic mass is 19.4. The summed E-state index contributed by atoms with van der Waals surface area (Å²) in [5.41, 5.74) is -0.642. The van der Waals surface area contributed by atoms with Gasteiger partial charge in [0.1, 0.15) is 5.60 Å². The normalized spacial score (nSPS) is 21.4. The molecule has 0 aromatic rings. The highest BCUT2D eigenvalue weighted by molar-refractivity contribution is 5.68. The van der Waals surface area contributed by atoms with Gasteiger partial charge in [0.05, 0.1) is 0 Å². The smallest absolute Gasteiger partial charge is 0.410 e. The Kier molecular flexibility index (Phi) is 5.06. The van der Waals surface area contributed by atoms with E-state index in [4.69, 9.17) is 4.74 Å². The number of amides is 1. The van der Waals surface area contributed by atoms with Crippen LogP contribution in [-0.4, -0.2) is 48.4 Å². The van der Waals surface area contributed by atoms with Crippen LogP contribution in [-0.2, 0) is 4.74 Å². The SMILES string of the molecule is CC(C)(C)OC(=O)N1CCNCC1CCC(F)(F)F. The van der Waals surface area contributed by atoms with E-state index in [9.17, 15) is 18.0 Å². The predicted molar refractivity (Wildman–Crippen MR) is 64.9 cm³/mol. The van der Waals surface area contributed by atoms with Crippen LogP contribution in [0.25, 0.3) is 0 Å². The molecule has 0 aliphatic carbocycles. The molecule has 1 N–H and O–H groups in total. The van der Waals surface area contributed by atoms with Crippen molar-refractivity contribution in [1.82, 2.24) is 10.2 Å². The van der Waals surface area contributed by atoms with Gasteiger partial charge in [-0.25, -0.2) is 4.79 Å². The molecule has 1 fully saturated rings. The minimum Gasteiger partial charge on any atom is -0.444 e. The predicted octanol–water partition coefficient (Wildman–Crippen LogP) is 2.54. The van der Waals surface area contributed by atoms with E-state index in [1.165, 1.54) is 4.90 Å². The molecule has 0 aromatic carbocycles. The highest BCUT2D eigenvalue weighted by Gasteiger charge is 2.34. The third-order valence-corrected chi connectivity index (χ3v) is 2.74. The number of rotatable bonds is 2. The minimum atomic E-state index is -4.20. The number of carbonyl (C=O) groups is 1. The summed E-state index contributed by atoms with van der Waals surface area (Å²) in [5, 5.41) is 3.00. The van der Waals surface area contributed by atoms with E-state index in [-0.39, 0.29) is 6.42 Å². The molecule has 1 unspecified atom stereocenters. The number of nitrogens with zero attached hydrogens (tertiary/aromatic N) is 1. The van der Waals surface area contributed by atoms with Crippen LogP contribution in [0.15, 0.2) is 0 Å². The van der Waals surface area contributed by atoms with Crippen LogP contribution in [0, 0.1) is 0 Å². The van der Waals surface area contributed by atoms with Crippen LogP contribution in [0.1, 0.15) is 33.6 Å². The van der Waals surface area contributed by atoms with Crippen molar-refractivity contribution in [3.63, 3.8) is 0 Å². The van der Waals surface area contributed by atoms with Gasteiger partial charge in [-0.3, -0.25) is 0 Å². The maximum atomic E-state index is 12.3. The van der Waals surface area contributed by atoms with Crippen LogP contribution in [0.5, 0.6) is 0 Å². The van der Waals surface area contributed by atoms with E-state index in [1.807, 2.05) is 0 Å². The zero-order chi connectivity index (χ0) is 14.7. The number of nitrogens with one attached hydrogen (secondary N) is 1. The third-order valence-electron chi connectivity index (χ3n) is 2.74. The van der Waals surface area contributed by atoms with Crippen molar-refractivity contribution in [2.75, 3.05) is 19.6 Å². The Balaban J connectivity index is 2.59. The first-order valence-corrected chi connectivity index (χ1v) is 6.35. The number of hydrogen-bond donors (Lipinski definition) is 1. The molecule has 19 heavy (non-hydrogen) atoms. The van der Waals surface area contributed by atoms with Crippen molar-refractivity contribution >= 4 is 6.09 Å². The molecule has 0 aromatic heterocycles. The van der Waals surface area contributed by atoms with E-state index in [1.54, 1.807) is 20.8 Å². The molecule has 0 radical (unpaired) electrons. The Morgan fingerprint density at radius 2 is 2.00 bits per heavy atom. The molecule has 1 aliphatic heterocycles. The maximum absolute atomic E-state index is 12.3. The summed E-state index contributed by atoms with van der Waals surface area (Å²) in [5.74, 6) is 0. The fourth-order valence-corrected chi connectivity index (χ4v) is 1.91. The Morgan fingerprint density at radius 3 is 2.53 bits per heavy atom. The number of halogens is 3. The molecule has 4 nitrogen and oxygen atoms in total. The summed E-state index contributed by atoms with van der Waals surface area (Å²) in [4.78, 5) is 13.3. The van der Waals surface area contributed by atoms with Gasteiger partial charge in [-0.15, -0.1) is 0 Å². The third kappa shape index (κ3) is 6.13. The van der Waals surface area contributed by atoms with E-state index < -0.39 is 30.3 Å². The van der Waals surface area contributed by atoms with Crippen LogP contribution in [0.2, 0.25) is 0 Å². The van der Waals surface area contributed by atoms with Crippen molar-refractivity contribution in [3.8, 4) is 0 Å². The molecule has 1 aliphatic rings. The fraction of sp³-hybridized carbons (Fsp3) is 0.917. The van der Waals surface area contributed by atoms with E-state index in [2.05, 4.69) is 5.32 Å². The topological polar surface area (TPSA) is 41.6 Å². The first kappa shape index (κ1) is 16.1.